The summed E-state index contributed by atoms with van der Waals surface area (Å²) in [7, 11) is 0. The number of amides is 3. The van der Waals surface area contributed by atoms with Gasteiger partial charge in [0.25, 0.3) is 0 Å². The highest BCUT2D eigenvalue weighted by Gasteiger charge is 2.19. The number of hydrogen-bond donors (Lipinski definition) is 3. The molecule has 10 heteroatoms. The highest BCUT2D eigenvalue weighted by Crippen LogP contribution is 2.38. The third-order valence-electron chi connectivity index (χ3n) is 4.16. The first kappa shape index (κ1) is 21.7. The maximum Gasteiger partial charge on any atom is 0.334 e. The molecule has 0 spiro atoms. The Kier molecular flexibility index (Phi) is 6.63. The number of urea groups is 1. The van der Waals surface area contributed by atoms with Crippen LogP contribution in [0.4, 0.5) is 13.6 Å². The molecule has 6 nitrogen and oxygen atoms in total. The summed E-state index contributed by atoms with van der Waals surface area (Å²) in [6.07, 6.45) is 1.39. The molecule has 3 N–H and O–H groups in total. The molecule has 0 unspecified atom stereocenters. The summed E-state index contributed by atoms with van der Waals surface area (Å²) >= 11 is 7.44. The zero-order valence-electron chi connectivity index (χ0n) is 15.9. The van der Waals surface area contributed by atoms with Crippen LogP contribution in [-0.2, 0) is 4.79 Å². The lowest BCUT2D eigenvalue weighted by Gasteiger charge is -2.16. The zero-order valence-corrected chi connectivity index (χ0v) is 17.5. The van der Waals surface area contributed by atoms with Crippen LogP contribution in [0.3, 0.4) is 0 Å². The van der Waals surface area contributed by atoms with E-state index in [9.17, 15) is 18.4 Å². The van der Waals surface area contributed by atoms with Crippen LogP contribution in [0.15, 0.2) is 41.2 Å². The quantitative estimate of drug-likeness (QED) is 0.498. The second kappa shape index (κ2) is 9.19. The molecular formula is C20H17ClF2N4O2S. The molecule has 2 aromatic heterocycles. The second-order valence-corrected chi connectivity index (χ2v) is 7.63. The first-order valence-corrected chi connectivity index (χ1v) is 10.1. The molecule has 0 saturated carbocycles. The number of nitrogens with one attached hydrogen (secondary N) is 3. The second-order valence-electron chi connectivity index (χ2n) is 6.41. The first-order chi connectivity index (χ1) is 14.3. The van der Waals surface area contributed by atoms with Gasteiger partial charge in [-0.05, 0) is 53.1 Å². The molecule has 0 radical (unpaired) electrons. The average molecular weight is 451 g/mol. The van der Waals surface area contributed by atoms with Gasteiger partial charge in [0, 0.05) is 29.3 Å². The number of thiophene rings is 1. The number of pyridine rings is 1. The maximum atomic E-state index is 14.8. The Hall–Kier alpha value is -3.04. The normalized spacial score (nSPS) is 11.6. The number of aromatic nitrogens is 1. The predicted octanol–water partition coefficient (Wildman–Crippen LogP) is 4.82. The summed E-state index contributed by atoms with van der Waals surface area (Å²) < 4.78 is 29.5. The van der Waals surface area contributed by atoms with Gasteiger partial charge in [-0.2, -0.15) is 11.3 Å². The van der Waals surface area contributed by atoms with Crippen molar-refractivity contribution in [3.05, 3.63) is 63.6 Å². The molecular weight excluding hydrogens is 434 g/mol. The number of halogens is 3. The largest absolute Gasteiger partial charge is 0.334 e. The van der Waals surface area contributed by atoms with Gasteiger partial charge in [-0.25, -0.2) is 19.0 Å². The van der Waals surface area contributed by atoms with Crippen molar-refractivity contribution in [1.29, 1.82) is 0 Å². The Labute approximate surface area is 180 Å². The van der Waals surface area contributed by atoms with Gasteiger partial charge in [0.15, 0.2) is 0 Å². The molecule has 0 aliphatic heterocycles. The van der Waals surface area contributed by atoms with E-state index in [0.717, 1.165) is 0 Å². The monoisotopic (exact) mass is 450 g/mol. The summed E-state index contributed by atoms with van der Waals surface area (Å²) in [5.74, 6) is -1.66. The Balaban J connectivity index is 1.91. The molecule has 1 atom stereocenters. The molecule has 0 bridgehead atoms. The van der Waals surface area contributed by atoms with E-state index in [1.165, 1.54) is 43.5 Å². The van der Waals surface area contributed by atoms with Gasteiger partial charge in [-0.1, -0.05) is 11.6 Å². The SMILES string of the molecule is CC(=O)NNC(=O)N[C@H](C)c1ncc(-c2cc(Cl)cc(F)c2-c2ccsc2)cc1F. The number of carbonyl (C=O) groups excluding carboxylic acids is 2. The van der Waals surface area contributed by atoms with E-state index in [2.05, 4.69) is 21.2 Å². The number of carbonyl (C=O) groups is 2. The summed E-state index contributed by atoms with van der Waals surface area (Å²) in [5.41, 5.74) is 5.91. The highest BCUT2D eigenvalue weighted by atomic mass is 35.5. The van der Waals surface area contributed by atoms with E-state index >= 15 is 0 Å². The van der Waals surface area contributed by atoms with E-state index in [4.69, 9.17) is 11.6 Å². The lowest BCUT2D eigenvalue weighted by Crippen LogP contribution is -2.46. The van der Waals surface area contributed by atoms with Crippen LogP contribution in [0.5, 0.6) is 0 Å². The van der Waals surface area contributed by atoms with Gasteiger partial charge in [-0.3, -0.25) is 15.2 Å². The molecule has 0 saturated heterocycles. The van der Waals surface area contributed by atoms with E-state index in [0.29, 0.717) is 22.3 Å². The molecule has 3 aromatic rings. The molecule has 0 aliphatic carbocycles. The standard InChI is InChI=1S/C20H17ClF2N4O2S/c1-10(25-20(29)27-26-11(2)28)19-17(23)5-13(8-24-19)15-6-14(21)7-16(22)18(15)12-3-4-30-9-12/h3-10H,1-2H3,(H,26,28)(H2,25,27,29)/t10-/m1/s1. The van der Waals surface area contributed by atoms with Gasteiger partial charge in [0.1, 0.15) is 11.6 Å². The van der Waals surface area contributed by atoms with Gasteiger partial charge < -0.3 is 5.32 Å². The van der Waals surface area contributed by atoms with Crippen LogP contribution in [0, 0.1) is 11.6 Å². The summed E-state index contributed by atoms with van der Waals surface area (Å²) in [6, 6.07) is 4.22. The fourth-order valence-electron chi connectivity index (χ4n) is 2.86. The molecule has 3 amide bonds. The fourth-order valence-corrected chi connectivity index (χ4v) is 3.71. The maximum absolute atomic E-state index is 14.8. The van der Waals surface area contributed by atoms with Crippen LogP contribution in [0.25, 0.3) is 22.3 Å². The minimum Gasteiger partial charge on any atom is -0.329 e. The third kappa shape index (κ3) is 4.92. The molecule has 3 rings (SSSR count). The van der Waals surface area contributed by atoms with Crippen LogP contribution < -0.4 is 16.2 Å². The van der Waals surface area contributed by atoms with Crippen molar-refractivity contribution in [2.45, 2.75) is 19.9 Å². The minimum atomic E-state index is -0.791. The number of rotatable bonds is 4. The van der Waals surface area contributed by atoms with Gasteiger partial charge in [-0.15, -0.1) is 0 Å². The Morgan fingerprint density at radius 2 is 1.90 bits per heavy atom. The predicted molar refractivity (Wildman–Crippen MR) is 112 cm³/mol. The number of nitrogens with zero attached hydrogens (tertiary/aromatic N) is 1. The minimum absolute atomic E-state index is 0.0173. The van der Waals surface area contributed by atoms with E-state index < -0.39 is 29.6 Å². The molecule has 0 aliphatic rings. The van der Waals surface area contributed by atoms with Crippen molar-refractivity contribution >= 4 is 34.9 Å². The van der Waals surface area contributed by atoms with Crippen molar-refractivity contribution in [2.75, 3.05) is 0 Å². The number of hydrazine groups is 1. The lowest BCUT2D eigenvalue weighted by molar-refractivity contribution is -0.119. The van der Waals surface area contributed by atoms with Crippen molar-refractivity contribution < 1.29 is 18.4 Å². The fraction of sp³-hybridized carbons (Fsp3) is 0.150. The van der Waals surface area contributed by atoms with E-state index in [-0.39, 0.29) is 10.7 Å². The van der Waals surface area contributed by atoms with Crippen LogP contribution >= 0.6 is 22.9 Å². The third-order valence-corrected chi connectivity index (χ3v) is 5.06. The van der Waals surface area contributed by atoms with Crippen LogP contribution in [-0.4, -0.2) is 16.9 Å². The van der Waals surface area contributed by atoms with Crippen molar-refractivity contribution in [3.63, 3.8) is 0 Å². The van der Waals surface area contributed by atoms with Gasteiger partial charge in [0.2, 0.25) is 5.91 Å². The van der Waals surface area contributed by atoms with Crippen molar-refractivity contribution in [2.24, 2.45) is 0 Å². The first-order valence-electron chi connectivity index (χ1n) is 8.76. The Morgan fingerprint density at radius 3 is 2.53 bits per heavy atom. The lowest BCUT2D eigenvalue weighted by atomic mass is 9.96. The average Bonchev–Trinajstić information content (AvgIpc) is 3.19. The Bertz CT molecular complexity index is 1090. The van der Waals surface area contributed by atoms with Crippen molar-refractivity contribution in [1.82, 2.24) is 21.2 Å². The number of hydrogen-bond acceptors (Lipinski definition) is 4. The molecule has 2 heterocycles. The van der Waals surface area contributed by atoms with E-state index in [1.807, 2.05) is 5.38 Å². The summed E-state index contributed by atoms with van der Waals surface area (Å²) in [4.78, 5) is 26.7. The van der Waals surface area contributed by atoms with Crippen LogP contribution in [0.1, 0.15) is 25.6 Å². The Morgan fingerprint density at radius 1 is 1.13 bits per heavy atom. The zero-order chi connectivity index (χ0) is 21.8. The molecule has 0 fully saturated rings. The summed E-state index contributed by atoms with van der Waals surface area (Å²) in [5, 5.41) is 6.23. The van der Waals surface area contributed by atoms with Crippen LogP contribution in [0.2, 0.25) is 5.02 Å². The molecule has 1 aromatic carbocycles. The highest BCUT2D eigenvalue weighted by molar-refractivity contribution is 7.08. The van der Waals surface area contributed by atoms with Gasteiger partial charge >= 0.3 is 6.03 Å². The van der Waals surface area contributed by atoms with E-state index in [1.54, 1.807) is 17.5 Å². The molecule has 30 heavy (non-hydrogen) atoms. The van der Waals surface area contributed by atoms with Gasteiger partial charge in [0.05, 0.1) is 11.7 Å². The smallest absolute Gasteiger partial charge is 0.329 e. The summed E-state index contributed by atoms with van der Waals surface area (Å²) in [6.45, 7) is 2.76. The number of benzene rings is 1. The molecule has 156 valence electrons. The van der Waals surface area contributed by atoms with Crippen molar-refractivity contribution in [3.8, 4) is 22.3 Å². The topological polar surface area (TPSA) is 83.1 Å².